The molecule has 0 aliphatic heterocycles. The van der Waals surface area contributed by atoms with E-state index in [9.17, 15) is 19.7 Å². The summed E-state index contributed by atoms with van der Waals surface area (Å²) >= 11 is 12.1. The second-order valence-electron chi connectivity index (χ2n) is 8.07. The van der Waals surface area contributed by atoms with Gasteiger partial charge in [-0.1, -0.05) is 53.5 Å². The second-order valence-corrected chi connectivity index (χ2v) is 8.89. The molecule has 0 radical (unpaired) electrons. The van der Waals surface area contributed by atoms with Crippen molar-refractivity contribution in [3.63, 3.8) is 0 Å². The fourth-order valence-electron chi connectivity index (χ4n) is 3.54. The highest BCUT2D eigenvalue weighted by atomic mass is 35.5. The second kappa shape index (κ2) is 12.7. The standard InChI is InChI=1S/C24H25Cl2N7O4/c25-18-10-14(11-19(26)21(18)27)13-30-23(35)20(6-3-9-29-24(28)32-33(36)37)31-22(34)17-8-7-15-4-1-2-5-16(15)12-17/h1-2,4-5,7-8,10-12,20H,3,6,9,13,27H2,(H,30,35)(H,31,34)(H3,28,29,32)/t20-/m1/s1. The van der Waals surface area contributed by atoms with Crippen LogP contribution < -0.4 is 27.4 Å². The first-order valence-corrected chi connectivity index (χ1v) is 11.9. The molecule has 13 heteroatoms. The predicted molar refractivity (Wildman–Crippen MR) is 144 cm³/mol. The molecule has 7 N–H and O–H groups in total. The lowest BCUT2D eigenvalue weighted by atomic mass is 10.1. The van der Waals surface area contributed by atoms with Gasteiger partial charge in [-0.15, -0.1) is 0 Å². The lowest BCUT2D eigenvalue weighted by molar-refractivity contribution is -0.485. The maximum atomic E-state index is 13.0. The molecule has 0 saturated carbocycles. The Morgan fingerprint density at radius 2 is 1.70 bits per heavy atom. The van der Waals surface area contributed by atoms with Crippen molar-refractivity contribution in [2.24, 2.45) is 10.8 Å². The topological polar surface area (TPSA) is 178 Å². The number of nitrogens with one attached hydrogen (secondary N) is 3. The van der Waals surface area contributed by atoms with Gasteiger partial charge in [0, 0.05) is 18.7 Å². The molecule has 37 heavy (non-hydrogen) atoms. The van der Waals surface area contributed by atoms with Crippen molar-refractivity contribution in [2.75, 3.05) is 12.3 Å². The summed E-state index contributed by atoms with van der Waals surface area (Å²) in [6.45, 7) is 0.295. The van der Waals surface area contributed by atoms with Gasteiger partial charge in [-0.25, -0.2) is 10.1 Å². The summed E-state index contributed by atoms with van der Waals surface area (Å²) < 4.78 is 0. The number of carbonyl (C=O) groups excluding carboxylic acids is 2. The minimum absolute atomic E-state index is 0.0988. The van der Waals surface area contributed by atoms with Crippen molar-refractivity contribution < 1.29 is 14.6 Å². The molecule has 0 spiro atoms. The molecule has 1 atom stereocenters. The third kappa shape index (κ3) is 7.95. The molecule has 3 aromatic carbocycles. The van der Waals surface area contributed by atoms with E-state index in [1.54, 1.807) is 24.3 Å². The Bertz CT molecular complexity index is 1330. The highest BCUT2D eigenvalue weighted by Gasteiger charge is 2.21. The summed E-state index contributed by atoms with van der Waals surface area (Å²) in [7, 11) is 0. The fourth-order valence-corrected chi connectivity index (χ4v) is 4.07. The zero-order valence-corrected chi connectivity index (χ0v) is 21.1. The van der Waals surface area contributed by atoms with Crippen molar-refractivity contribution in [1.82, 2.24) is 16.0 Å². The van der Waals surface area contributed by atoms with Gasteiger partial charge in [0.1, 0.15) is 11.1 Å². The molecule has 194 valence electrons. The molecule has 3 aromatic rings. The number of halogens is 2. The predicted octanol–water partition coefficient (Wildman–Crippen LogP) is 3.02. The van der Waals surface area contributed by atoms with Crippen molar-refractivity contribution in [2.45, 2.75) is 25.4 Å². The lowest BCUT2D eigenvalue weighted by Crippen LogP contribution is -2.47. The monoisotopic (exact) mass is 545 g/mol. The number of nitrogens with two attached hydrogens (primary N) is 2. The van der Waals surface area contributed by atoms with Crippen LogP contribution in [0.4, 0.5) is 5.69 Å². The number of carbonyl (C=O) groups is 2. The third-order valence-corrected chi connectivity index (χ3v) is 6.03. The van der Waals surface area contributed by atoms with Gasteiger partial charge in [-0.2, -0.15) is 0 Å². The Hall–Kier alpha value is -4.09. The number of nitrogen functional groups attached to an aromatic ring is 1. The number of hydrogen-bond donors (Lipinski definition) is 5. The Kier molecular flexibility index (Phi) is 9.47. The van der Waals surface area contributed by atoms with Gasteiger partial charge in [0.05, 0.1) is 15.7 Å². The lowest BCUT2D eigenvalue weighted by Gasteiger charge is -2.19. The van der Waals surface area contributed by atoms with Crippen LogP contribution in [0.5, 0.6) is 0 Å². The maximum absolute atomic E-state index is 13.0. The number of fused-ring (bicyclic) bond motifs is 1. The van der Waals surface area contributed by atoms with E-state index in [2.05, 4.69) is 21.1 Å². The molecular formula is C24H25Cl2N7O4. The average molecular weight is 546 g/mol. The first-order chi connectivity index (χ1) is 17.6. The van der Waals surface area contributed by atoms with Crippen molar-refractivity contribution in [3.05, 3.63) is 85.9 Å². The molecule has 0 saturated heterocycles. The highest BCUT2D eigenvalue weighted by molar-refractivity contribution is 6.38. The Balaban J connectivity index is 1.69. The average Bonchev–Trinajstić information content (AvgIpc) is 2.86. The van der Waals surface area contributed by atoms with E-state index in [-0.39, 0.29) is 41.2 Å². The van der Waals surface area contributed by atoms with Crippen LogP contribution >= 0.6 is 23.2 Å². The van der Waals surface area contributed by atoms with Gasteiger partial charge in [0.25, 0.3) is 11.9 Å². The molecule has 2 amide bonds. The number of anilines is 1. The zero-order chi connectivity index (χ0) is 26.9. The number of hydrazone groups is 1. The molecule has 11 nitrogen and oxygen atoms in total. The van der Waals surface area contributed by atoms with Gasteiger partial charge in [-0.05, 0) is 53.4 Å². The van der Waals surface area contributed by atoms with Crippen LogP contribution in [0.3, 0.4) is 0 Å². The number of amides is 2. The van der Waals surface area contributed by atoms with E-state index < -0.39 is 22.9 Å². The van der Waals surface area contributed by atoms with Crippen LogP contribution in [0.2, 0.25) is 10.0 Å². The normalized spacial score (nSPS) is 12.1. The zero-order valence-electron chi connectivity index (χ0n) is 19.5. The number of nitro groups is 1. The minimum atomic E-state index is -0.919. The van der Waals surface area contributed by atoms with E-state index in [0.717, 1.165) is 10.8 Å². The number of benzene rings is 3. The molecule has 0 bridgehead atoms. The molecule has 0 aromatic heterocycles. The van der Waals surface area contributed by atoms with E-state index in [1.165, 1.54) is 0 Å². The van der Waals surface area contributed by atoms with Crippen LogP contribution in [0.15, 0.2) is 59.7 Å². The molecule has 0 unspecified atom stereocenters. The number of hydrogen-bond acceptors (Lipinski definition) is 5. The summed E-state index contributed by atoms with van der Waals surface area (Å²) in [5, 5.41) is 22.9. The first kappa shape index (κ1) is 27.5. The van der Waals surface area contributed by atoms with Crippen LogP contribution in [-0.2, 0) is 11.3 Å². The summed E-state index contributed by atoms with van der Waals surface area (Å²) in [4.78, 5) is 36.4. The van der Waals surface area contributed by atoms with E-state index in [0.29, 0.717) is 17.5 Å². The number of guanidine groups is 1. The number of nitrogens with zero attached hydrogens (tertiary/aromatic N) is 2. The van der Waals surface area contributed by atoms with Crippen molar-refractivity contribution in [1.29, 1.82) is 0 Å². The maximum Gasteiger partial charge on any atom is 0.266 e. The number of rotatable bonds is 10. The van der Waals surface area contributed by atoms with Gasteiger partial charge in [0.15, 0.2) is 5.03 Å². The smallest absolute Gasteiger partial charge is 0.266 e. The highest BCUT2D eigenvalue weighted by Crippen LogP contribution is 2.28. The first-order valence-electron chi connectivity index (χ1n) is 11.2. The molecule has 0 heterocycles. The molecule has 0 aliphatic carbocycles. The third-order valence-electron chi connectivity index (χ3n) is 5.40. The minimum Gasteiger partial charge on any atom is -0.396 e. The Morgan fingerprint density at radius 1 is 1.03 bits per heavy atom. The van der Waals surface area contributed by atoms with Crippen LogP contribution in [0, 0.1) is 10.1 Å². The van der Waals surface area contributed by atoms with Gasteiger partial charge in [-0.3, -0.25) is 9.59 Å². The Labute approximate surface area is 222 Å². The summed E-state index contributed by atoms with van der Waals surface area (Å²) in [5.74, 6) is -1.22. The largest absolute Gasteiger partial charge is 0.396 e. The summed E-state index contributed by atoms with van der Waals surface area (Å²) in [6.07, 6.45) is 0.566. The van der Waals surface area contributed by atoms with Crippen molar-refractivity contribution >= 4 is 57.4 Å². The quantitative estimate of drug-likeness (QED) is 0.0648. The molecular weight excluding hydrogens is 521 g/mol. The van der Waals surface area contributed by atoms with Crippen LogP contribution in [0.1, 0.15) is 28.8 Å². The van der Waals surface area contributed by atoms with Crippen molar-refractivity contribution in [3.8, 4) is 0 Å². The summed E-state index contributed by atoms with van der Waals surface area (Å²) in [5.41, 5.74) is 12.4. The van der Waals surface area contributed by atoms with E-state index in [4.69, 9.17) is 34.7 Å². The van der Waals surface area contributed by atoms with Gasteiger partial charge in [0.2, 0.25) is 5.91 Å². The Morgan fingerprint density at radius 3 is 2.38 bits per heavy atom. The van der Waals surface area contributed by atoms with Gasteiger partial charge < -0.3 is 27.4 Å². The van der Waals surface area contributed by atoms with Gasteiger partial charge >= 0.3 is 0 Å². The molecule has 0 fully saturated rings. The van der Waals surface area contributed by atoms with E-state index in [1.807, 2.05) is 30.3 Å². The summed E-state index contributed by atoms with van der Waals surface area (Å²) in [6, 6.07) is 15.1. The van der Waals surface area contributed by atoms with E-state index >= 15 is 0 Å². The van der Waals surface area contributed by atoms with Crippen LogP contribution in [-0.4, -0.2) is 35.4 Å². The SMILES string of the molecule is NC(=N[N+](=O)[O-])NCCC[C@@H](NC(=O)c1ccc2ccccc2c1)C(=O)NCc1cc(Cl)c(N)c(Cl)c1. The molecule has 0 aliphatic rings. The molecule has 3 rings (SSSR count). The van der Waals surface area contributed by atoms with Crippen LogP contribution in [0.25, 0.3) is 10.8 Å². The fraction of sp³-hybridized carbons (Fsp3) is 0.208.